The molecule has 0 radical (unpaired) electrons. The molecule has 7 heteroatoms. The van der Waals surface area contributed by atoms with Crippen LogP contribution in [0.25, 0.3) is 5.70 Å². The summed E-state index contributed by atoms with van der Waals surface area (Å²) in [5.74, 6) is 0.966. The number of rotatable bonds is 2. The van der Waals surface area contributed by atoms with E-state index in [1.165, 1.54) is 11.3 Å². The van der Waals surface area contributed by atoms with Gasteiger partial charge in [0.15, 0.2) is 0 Å². The Kier molecular flexibility index (Phi) is 3.65. The van der Waals surface area contributed by atoms with Crippen LogP contribution in [0.2, 0.25) is 0 Å². The molecule has 3 N–H and O–H groups in total. The Balaban J connectivity index is 1.72. The van der Waals surface area contributed by atoms with Crippen LogP contribution in [0.1, 0.15) is 25.3 Å². The summed E-state index contributed by atoms with van der Waals surface area (Å²) in [6, 6.07) is 4.78. The van der Waals surface area contributed by atoms with E-state index in [1.54, 1.807) is 6.20 Å². The fourth-order valence-corrected chi connectivity index (χ4v) is 3.63. The molecule has 7 nitrogen and oxygen atoms in total. The van der Waals surface area contributed by atoms with Gasteiger partial charge in [-0.3, -0.25) is 15.1 Å². The molecule has 0 aromatic carbocycles. The maximum atomic E-state index is 6.12. The van der Waals surface area contributed by atoms with Crippen molar-refractivity contribution in [3.05, 3.63) is 42.5 Å². The molecule has 24 heavy (non-hydrogen) atoms. The van der Waals surface area contributed by atoms with Crippen molar-refractivity contribution in [2.75, 3.05) is 11.6 Å². The lowest BCUT2D eigenvalue weighted by molar-refractivity contribution is 0.222. The largest absolute Gasteiger partial charge is 0.367 e. The van der Waals surface area contributed by atoms with Crippen LogP contribution in [0.15, 0.2) is 36.9 Å². The number of piperidine rings is 1. The van der Waals surface area contributed by atoms with Crippen molar-refractivity contribution in [2.24, 2.45) is 12.8 Å². The fourth-order valence-electron chi connectivity index (χ4n) is 3.63. The smallest absolute Gasteiger partial charge is 0.150 e. The summed E-state index contributed by atoms with van der Waals surface area (Å²) in [5, 5.41) is 6.28. The Hall–Kier alpha value is -2.54. The summed E-state index contributed by atoms with van der Waals surface area (Å²) < 4.78 is 1.84. The molecular weight excluding hydrogens is 302 g/mol. The predicted octanol–water partition coefficient (Wildman–Crippen LogP) is 1.58. The fraction of sp³-hybridized carbons (Fsp3) is 0.412. The number of aromatic nitrogens is 3. The average molecular weight is 325 g/mol. The van der Waals surface area contributed by atoms with Crippen LogP contribution in [0.4, 0.5) is 11.5 Å². The highest BCUT2D eigenvalue weighted by Crippen LogP contribution is 2.37. The second kappa shape index (κ2) is 5.83. The molecule has 2 aliphatic heterocycles. The highest BCUT2D eigenvalue weighted by Gasteiger charge is 2.30. The summed E-state index contributed by atoms with van der Waals surface area (Å²) >= 11 is 0. The Bertz CT molecular complexity index is 766. The monoisotopic (exact) mass is 325 g/mol. The standard InChI is InChI=1S/C17H23N7/c1-12-9-13(18)5-8-23(12)15-11-21-24(17-4-7-20-22(17)2)16-10-19-6-3-14(15)16/h3-4,6-7,10-13,21H,5,8-9,18H2,1-2H3. The Morgan fingerprint density at radius 3 is 2.92 bits per heavy atom. The van der Waals surface area contributed by atoms with Crippen molar-refractivity contribution in [1.29, 1.82) is 0 Å². The molecule has 2 aromatic heterocycles. The summed E-state index contributed by atoms with van der Waals surface area (Å²) in [6.45, 7) is 3.22. The molecule has 0 aliphatic carbocycles. The van der Waals surface area contributed by atoms with Crippen LogP contribution in [-0.2, 0) is 7.05 Å². The quantitative estimate of drug-likeness (QED) is 0.873. The summed E-state index contributed by atoms with van der Waals surface area (Å²) in [4.78, 5) is 6.76. The summed E-state index contributed by atoms with van der Waals surface area (Å²) in [5.41, 5.74) is 12.9. The van der Waals surface area contributed by atoms with Crippen LogP contribution >= 0.6 is 0 Å². The molecule has 4 rings (SSSR count). The van der Waals surface area contributed by atoms with Gasteiger partial charge in [-0.25, -0.2) is 5.01 Å². The summed E-state index contributed by atoms with van der Waals surface area (Å²) in [7, 11) is 1.93. The number of nitrogens with zero attached hydrogens (tertiary/aromatic N) is 5. The number of hydrazine groups is 1. The van der Waals surface area contributed by atoms with Gasteiger partial charge in [-0.15, -0.1) is 0 Å². The third kappa shape index (κ3) is 2.41. The van der Waals surface area contributed by atoms with Crippen LogP contribution in [0, 0.1) is 0 Å². The number of hydrogen-bond donors (Lipinski definition) is 2. The first-order valence-electron chi connectivity index (χ1n) is 8.36. The maximum absolute atomic E-state index is 6.12. The van der Waals surface area contributed by atoms with Crippen molar-refractivity contribution in [3.63, 3.8) is 0 Å². The number of aryl methyl sites for hydroxylation is 1. The first kappa shape index (κ1) is 15.0. The van der Waals surface area contributed by atoms with Crippen LogP contribution < -0.4 is 16.2 Å². The first-order chi connectivity index (χ1) is 11.6. The Morgan fingerprint density at radius 2 is 2.17 bits per heavy atom. The van der Waals surface area contributed by atoms with E-state index in [1.807, 2.05) is 35.2 Å². The maximum Gasteiger partial charge on any atom is 0.150 e. The zero-order valence-corrected chi connectivity index (χ0v) is 14.1. The topological polar surface area (TPSA) is 75.2 Å². The lowest BCUT2D eigenvalue weighted by atomic mass is 9.96. The van der Waals surface area contributed by atoms with E-state index in [2.05, 4.69) is 39.6 Å². The van der Waals surface area contributed by atoms with Gasteiger partial charge in [-0.2, -0.15) is 5.10 Å². The molecule has 0 bridgehead atoms. The van der Waals surface area contributed by atoms with Gasteiger partial charge in [-0.05, 0) is 25.8 Å². The molecule has 2 aliphatic rings. The number of nitrogens with one attached hydrogen (secondary N) is 1. The zero-order chi connectivity index (χ0) is 16.7. The molecule has 0 saturated carbocycles. The van der Waals surface area contributed by atoms with E-state index in [4.69, 9.17) is 5.73 Å². The molecule has 0 spiro atoms. The van der Waals surface area contributed by atoms with Gasteiger partial charge in [0.25, 0.3) is 0 Å². The van der Waals surface area contributed by atoms with Gasteiger partial charge in [0, 0.05) is 49.7 Å². The third-order valence-corrected chi connectivity index (χ3v) is 4.90. The first-order valence-corrected chi connectivity index (χ1v) is 8.36. The van der Waals surface area contributed by atoms with Gasteiger partial charge in [0.05, 0.1) is 23.8 Å². The molecule has 2 atom stereocenters. The summed E-state index contributed by atoms with van der Waals surface area (Å²) in [6.07, 6.45) is 9.64. The van der Waals surface area contributed by atoms with E-state index < -0.39 is 0 Å². The van der Waals surface area contributed by atoms with Crippen molar-refractivity contribution in [1.82, 2.24) is 25.1 Å². The highest BCUT2D eigenvalue weighted by molar-refractivity contribution is 5.80. The number of pyridine rings is 1. The molecule has 2 unspecified atom stereocenters. The Labute approximate surface area is 141 Å². The highest BCUT2D eigenvalue weighted by atomic mass is 15.6. The Morgan fingerprint density at radius 1 is 1.29 bits per heavy atom. The van der Waals surface area contributed by atoms with E-state index in [9.17, 15) is 0 Å². The number of nitrogens with two attached hydrogens (primary N) is 1. The van der Waals surface area contributed by atoms with Crippen LogP contribution in [-0.4, -0.2) is 38.3 Å². The van der Waals surface area contributed by atoms with E-state index >= 15 is 0 Å². The molecule has 4 heterocycles. The minimum atomic E-state index is 0.302. The predicted molar refractivity (Wildman–Crippen MR) is 94.1 cm³/mol. The van der Waals surface area contributed by atoms with E-state index in [0.717, 1.165) is 30.9 Å². The van der Waals surface area contributed by atoms with Gasteiger partial charge < -0.3 is 10.6 Å². The minimum Gasteiger partial charge on any atom is -0.367 e. The number of hydrogen-bond acceptors (Lipinski definition) is 6. The lowest BCUT2D eigenvalue weighted by Gasteiger charge is -2.42. The number of fused-ring (bicyclic) bond motifs is 1. The van der Waals surface area contributed by atoms with Crippen molar-refractivity contribution in [3.8, 4) is 0 Å². The van der Waals surface area contributed by atoms with Gasteiger partial charge in [-0.1, -0.05) is 0 Å². The van der Waals surface area contributed by atoms with Crippen molar-refractivity contribution in [2.45, 2.75) is 31.8 Å². The molecular formula is C17H23N7. The zero-order valence-electron chi connectivity index (χ0n) is 14.1. The van der Waals surface area contributed by atoms with Crippen molar-refractivity contribution < 1.29 is 0 Å². The van der Waals surface area contributed by atoms with Crippen LogP contribution in [0.5, 0.6) is 0 Å². The van der Waals surface area contributed by atoms with Crippen LogP contribution in [0.3, 0.4) is 0 Å². The minimum absolute atomic E-state index is 0.302. The second-order valence-corrected chi connectivity index (χ2v) is 6.53. The third-order valence-electron chi connectivity index (χ3n) is 4.90. The van der Waals surface area contributed by atoms with Crippen molar-refractivity contribution >= 4 is 17.2 Å². The van der Waals surface area contributed by atoms with Gasteiger partial charge >= 0.3 is 0 Å². The normalized spacial score (nSPS) is 23.5. The molecule has 126 valence electrons. The van der Waals surface area contributed by atoms with E-state index in [0.29, 0.717) is 12.1 Å². The number of anilines is 2. The van der Waals surface area contributed by atoms with Gasteiger partial charge in [0.1, 0.15) is 5.82 Å². The lowest BCUT2D eigenvalue weighted by Crippen LogP contribution is -2.46. The number of likely N-dealkylation sites (tertiary alicyclic amines) is 1. The average Bonchev–Trinajstić information content (AvgIpc) is 3.00. The van der Waals surface area contributed by atoms with E-state index in [-0.39, 0.29) is 0 Å². The second-order valence-electron chi connectivity index (χ2n) is 6.53. The molecule has 1 saturated heterocycles. The SMILES string of the molecule is CC1CC(N)CCN1C1=CNN(c2ccnn2C)c2cnccc21. The molecule has 0 amide bonds. The molecule has 2 aromatic rings. The molecule has 1 fully saturated rings. The van der Waals surface area contributed by atoms with Gasteiger partial charge in [0.2, 0.25) is 0 Å².